The van der Waals surface area contributed by atoms with Crippen molar-refractivity contribution < 1.29 is 40.2 Å². The molecule has 1 saturated carbocycles. The van der Waals surface area contributed by atoms with E-state index in [2.05, 4.69) is 27.6 Å². The number of carbonyl (C=O) groups is 1. The second-order valence-corrected chi connectivity index (χ2v) is 14.1. The first-order valence-corrected chi connectivity index (χ1v) is 17.3. The molecule has 0 amide bonds. The van der Waals surface area contributed by atoms with Crippen molar-refractivity contribution in [1.82, 2.24) is 4.98 Å². The number of ether oxygens (including phenoxy) is 2. The van der Waals surface area contributed by atoms with Crippen LogP contribution >= 0.6 is 41.0 Å². The fourth-order valence-electron chi connectivity index (χ4n) is 5.41. The molecule has 0 radical (unpaired) electrons. The van der Waals surface area contributed by atoms with Crippen molar-refractivity contribution in [3.63, 3.8) is 0 Å². The number of alkyl halides is 3. The Labute approximate surface area is 272 Å². The molecule has 1 fully saturated rings. The molecule has 5 nitrogen and oxygen atoms in total. The van der Waals surface area contributed by atoms with E-state index in [9.17, 15) is 26.6 Å². The Kier molecular flexibility index (Phi) is 11.9. The molecule has 0 saturated heterocycles. The molecule has 2 aromatic carbocycles. The van der Waals surface area contributed by atoms with Crippen LogP contribution in [-0.4, -0.2) is 38.8 Å². The van der Waals surface area contributed by atoms with Crippen molar-refractivity contribution in [3.8, 4) is 17.0 Å². The van der Waals surface area contributed by atoms with Crippen LogP contribution in [0.4, 0.5) is 21.8 Å². The zero-order valence-electron chi connectivity index (χ0n) is 24.0. The van der Waals surface area contributed by atoms with Gasteiger partial charge in [0.05, 0.1) is 14.2 Å². The number of esters is 1. The Morgan fingerprint density at radius 1 is 1.16 bits per heavy atom. The molecule has 0 N–H and O–H groups in total. The third-order valence-electron chi connectivity index (χ3n) is 7.64. The van der Waals surface area contributed by atoms with Gasteiger partial charge >= 0.3 is 239 Å². The molecule has 1 aliphatic carbocycles. The first-order chi connectivity index (χ1) is 20.8. The number of benzene rings is 2. The second kappa shape index (κ2) is 15.0. The van der Waals surface area contributed by atoms with Crippen LogP contribution in [0.25, 0.3) is 11.3 Å². The van der Waals surface area contributed by atoms with E-state index in [4.69, 9.17) is 20.7 Å². The summed E-state index contributed by atoms with van der Waals surface area (Å²) in [5.74, 6) is -1.97. The van der Waals surface area contributed by atoms with E-state index >= 15 is 0 Å². The van der Waals surface area contributed by atoms with Gasteiger partial charge in [0.2, 0.25) is 0 Å². The molecule has 3 aromatic rings. The summed E-state index contributed by atoms with van der Waals surface area (Å²) < 4.78 is 88.0. The van der Waals surface area contributed by atoms with Crippen LogP contribution < -0.4 is 4.74 Å². The van der Waals surface area contributed by atoms with Gasteiger partial charge in [-0.25, -0.2) is 0 Å². The van der Waals surface area contributed by atoms with Crippen molar-refractivity contribution in [2.45, 2.75) is 44.2 Å². The topological polar surface area (TPSA) is 57.7 Å². The Balaban J connectivity index is 1.77. The molecule has 0 aliphatic heterocycles. The van der Waals surface area contributed by atoms with Crippen LogP contribution in [0, 0.1) is 21.2 Å². The van der Waals surface area contributed by atoms with Gasteiger partial charge in [0, 0.05) is 0 Å². The summed E-state index contributed by atoms with van der Waals surface area (Å²) in [6, 6.07) is 12.0. The Morgan fingerprint density at radius 3 is 2.50 bits per heavy atom. The van der Waals surface area contributed by atoms with Crippen LogP contribution in [0.15, 0.2) is 48.5 Å². The molecule has 44 heavy (non-hydrogen) atoms. The molecule has 4 rings (SSSR count). The zero-order chi connectivity index (χ0) is 32.2. The summed E-state index contributed by atoms with van der Waals surface area (Å²) in [6.07, 6.45) is -2.88. The summed E-state index contributed by atoms with van der Waals surface area (Å²) in [6.45, 7) is -0.994. The van der Waals surface area contributed by atoms with Gasteiger partial charge in [-0.05, 0) is 6.07 Å². The van der Waals surface area contributed by atoms with Gasteiger partial charge in [0.15, 0.2) is 0 Å². The van der Waals surface area contributed by atoms with Crippen molar-refractivity contribution in [2.24, 2.45) is 11.8 Å². The normalized spacial score (nSPS) is 15.8. The summed E-state index contributed by atoms with van der Waals surface area (Å²) in [4.78, 5) is 16.3. The molecule has 0 spiro atoms. The quantitative estimate of drug-likeness (QED) is 0.0458. The molecule has 14 heteroatoms. The number of hydrogen-bond donors (Lipinski definition) is 0. The maximum absolute atomic E-state index is 14.7. The number of halogens is 6. The number of carbonyl (C=O) groups excluding carboxylic acids is 1. The number of hydrogen-bond acceptors (Lipinski definition) is 6. The Morgan fingerprint density at radius 2 is 1.89 bits per heavy atom. The van der Waals surface area contributed by atoms with Crippen LogP contribution in [0.1, 0.15) is 54.0 Å². The summed E-state index contributed by atoms with van der Waals surface area (Å²) in [5, 5.41) is 0. The van der Waals surface area contributed by atoms with Gasteiger partial charge in [-0.3, -0.25) is 4.79 Å². The molecule has 0 bridgehead atoms. The summed E-state index contributed by atoms with van der Waals surface area (Å²) in [7, 11) is 7.93. The van der Waals surface area contributed by atoms with E-state index in [0.717, 1.165) is 33.6 Å². The number of nitrogens with zero attached hydrogens (tertiary/aromatic N) is 1. The van der Waals surface area contributed by atoms with Crippen molar-refractivity contribution in [3.05, 3.63) is 80.3 Å². The average molecular weight is 763 g/mol. The van der Waals surface area contributed by atoms with E-state index < -0.39 is 36.3 Å². The van der Waals surface area contributed by atoms with Gasteiger partial charge in [0.1, 0.15) is 0 Å². The van der Waals surface area contributed by atoms with E-state index in [1.165, 1.54) is 38.5 Å². The predicted octanol–water partition coefficient (Wildman–Crippen LogP) is 9.18. The number of methoxy groups -OCH3 is 2. The summed E-state index contributed by atoms with van der Waals surface area (Å²) in [5.41, 5.74) is -0.135. The minimum atomic E-state index is -4.89. The minimum absolute atomic E-state index is 0.0864. The van der Waals surface area contributed by atoms with Gasteiger partial charge in [-0.15, -0.1) is 0 Å². The molecule has 234 valence electrons. The SMILES string of the molecule is B#P(F)SOC[C@H](Cc1cc(C(C2CC2)[C@H](C)C(=O)OC)ccc1I)c1ccc(-c2cc(OC)ccc2F)nc1C(F)(F)F. The molecule has 2 unspecified atom stereocenters. The van der Waals surface area contributed by atoms with E-state index in [1.807, 2.05) is 25.1 Å². The fraction of sp³-hybridized carbons (Fsp3) is 0.400. The third-order valence-corrected chi connectivity index (χ3v) is 9.82. The van der Waals surface area contributed by atoms with Crippen LogP contribution in [0.5, 0.6) is 5.75 Å². The molecular formula is C30H29BF5INO4PS. The van der Waals surface area contributed by atoms with Crippen LogP contribution in [-0.2, 0) is 26.3 Å². The standard InChI is InChI=1S/C30H29BF5INO4PS/c1-16(29(39)41-3)27(17-4-5-17)18-6-10-25(37)19(12-18)13-20(15-42-44-43(31)36)22-8-11-26(38-28(22)30(33,34)35)23-14-21(40-2)7-9-24(23)32/h6-12,14,16-17,20,27H,4-5,13,15H2,1-3H3/t16-,20-,27?/m0/s1. The maximum atomic E-state index is 14.7. The molecule has 1 aliphatic rings. The van der Waals surface area contributed by atoms with Gasteiger partial charge in [-0.1, -0.05) is 0 Å². The van der Waals surface area contributed by atoms with Crippen molar-refractivity contribution in [1.29, 1.82) is 0 Å². The Bertz CT molecular complexity index is 1580. The van der Waals surface area contributed by atoms with E-state index in [-0.39, 0.29) is 47.5 Å². The van der Waals surface area contributed by atoms with Gasteiger partial charge in [0.25, 0.3) is 0 Å². The average Bonchev–Trinajstić information content (AvgIpc) is 3.82. The van der Waals surface area contributed by atoms with Gasteiger partial charge < -0.3 is 9.47 Å². The Hall–Kier alpha value is -2.09. The first-order valence-electron chi connectivity index (χ1n) is 13.6. The van der Waals surface area contributed by atoms with E-state index in [1.54, 1.807) is 0 Å². The zero-order valence-corrected chi connectivity index (χ0v) is 27.9. The molecular weight excluding hydrogens is 734 g/mol. The fourth-order valence-corrected chi connectivity index (χ4v) is 6.77. The number of pyridine rings is 1. The third kappa shape index (κ3) is 8.58. The predicted molar refractivity (Wildman–Crippen MR) is 171 cm³/mol. The number of rotatable bonds is 12. The van der Waals surface area contributed by atoms with E-state index in [0.29, 0.717) is 17.6 Å². The van der Waals surface area contributed by atoms with Crippen molar-refractivity contribution in [2.75, 3.05) is 20.8 Å². The van der Waals surface area contributed by atoms with Crippen LogP contribution in [0.3, 0.4) is 0 Å². The van der Waals surface area contributed by atoms with Gasteiger partial charge in [-0.2, -0.15) is 0 Å². The molecule has 1 heterocycles. The molecule has 4 atom stereocenters. The van der Waals surface area contributed by atoms with Crippen LogP contribution in [0.2, 0.25) is 0 Å². The number of aromatic nitrogens is 1. The summed E-state index contributed by atoms with van der Waals surface area (Å²) >= 11 is 2.49. The van der Waals surface area contributed by atoms with Crippen molar-refractivity contribution >= 4 is 54.0 Å². The first kappa shape index (κ1) is 34.8. The monoisotopic (exact) mass is 763 g/mol. The second-order valence-electron chi connectivity index (χ2n) is 10.5. The molecule has 1 aromatic heterocycles.